The molecule has 1 nitrogen and oxygen atoms in total. The largest absolute Gasteiger partial charge is 0.309 e. The van der Waals surface area contributed by atoms with Crippen molar-refractivity contribution in [1.29, 1.82) is 0 Å². The molecular weight excluding hydrogens is 281 g/mol. The van der Waals surface area contributed by atoms with E-state index >= 15 is 0 Å². The highest BCUT2D eigenvalue weighted by atomic mass is 32.2. The Hall–Kier alpha value is -1.32. The molecule has 21 heavy (non-hydrogen) atoms. The van der Waals surface area contributed by atoms with E-state index in [-0.39, 0.29) is 11.9 Å². The standard InChI is InChI=1S/C18H22FNS/c1-4-20-18(15-10-8-13(2)9-11-15)14(3)21-17-7-5-6-16(19)12-17/h5-12,14,18,20H,4H2,1-3H3. The normalized spacial score (nSPS) is 13.9. The van der Waals surface area contributed by atoms with Crippen molar-refractivity contribution >= 4 is 11.8 Å². The molecule has 0 amide bonds. The van der Waals surface area contributed by atoms with Crippen molar-refractivity contribution in [1.82, 2.24) is 5.32 Å². The lowest BCUT2D eigenvalue weighted by molar-refractivity contribution is 0.548. The predicted octanol–water partition coefficient (Wildman–Crippen LogP) is 4.97. The summed E-state index contributed by atoms with van der Waals surface area (Å²) in [5.41, 5.74) is 2.54. The molecule has 2 aromatic carbocycles. The Morgan fingerprint density at radius 3 is 2.48 bits per heavy atom. The highest BCUT2D eigenvalue weighted by Gasteiger charge is 2.19. The van der Waals surface area contributed by atoms with Gasteiger partial charge in [0.15, 0.2) is 0 Å². The maximum absolute atomic E-state index is 13.3. The zero-order chi connectivity index (χ0) is 15.2. The van der Waals surface area contributed by atoms with Gasteiger partial charge in [0.1, 0.15) is 5.82 Å². The lowest BCUT2D eigenvalue weighted by Crippen LogP contribution is -2.28. The number of aryl methyl sites for hydroxylation is 1. The molecule has 0 aromatic heterocycles. The molecule has 0 saturated carbocycles. The highest BCUT2D eigenvalue weighted by molar-refractivity contribution is 8.00. The third-order valence-corrected chi connectivity index (χ3v) is 4.62. The summed E-state index contributed by atoms with van der Waals surface area (Å²) in [7, 11) is 0. The Bertz CT molecular complexity index is 568. The third-order valence-electron chi connectivity index (χ3n) is 3.45. The minimum Gasteiger partial charge on any atom is -0.309 e. The lowest BCUT2D eigenvalue weighted by Gasteiger charge is -2.25. The Kier molecular flexibility index (Phi) is 5.83. The van der Waals surface area contributed by atoms with Gasteiger partial charge in [-0.05, 0) is 37.2 Å². The fourth-order valence-corrected chi connectivity index (χ4v) is 3.53. The van der Waals surface area contributed by atoms with E-state index in [4.69, 9.17) is 0 Å². The van der Waals surface area contributed by atoms with Crippen LogP contribution >= 0.6 is 11.8 Å². The number of hydrogen-bond donors (Lipinski definition) is 1. The second kappa shape index (κ2) is 7.62. The number of thioether (sulfide) groups is 1. The van der Waals surface area contributed by atoms with Crippen LogP contribution in [0.2, 0.25) is 0 Å². The van der Waals surface area contributed by atoms with Crippen molar-refractivity contribution in [3.05, 3.63) is 65.5 Å². The van der Waals surface area contributed by atoms with Crippen LogP contribution in [-0.2, 0) is 0 Å². The maximum Gasteiger partial charge on any atom is 0.124 e. The molecule has 112 valence electrons. The molecular formula is C18H22FNS. The summed E-state index contributed by atoms with van der Waals surface area (Å²) in [4.78, 5) is 0.970. The van der Waals surface area contributed by atoms with E-state index in [1.54, 1.807) is 23.9 Å². The smallest absolute Gasteiger partial charge is 0.124 e. The summed E-state index contributed by atoms with van der Waals surface area (Å²) >= 11 is 1.70. The number of halogens is 1. The maximum atomic E-state index is 13.3. The summed E-state index contributed by atoms with van der Waals surface area (Å²) in [6, 6.07) is 15.7. The molecule has 0 saturated heterocycles. The quantitative estimate of drug-likeness (QED) is 0.757. The first kappa shape index (κ1) is 16.1. The third kappa shape index (κ3) is 4.58. The van der Waals surface area contributed by atoms with E-state index in [1.807, 2.05) is 6.07 Å². The van der Waals surface area contributed by atoms with Gasteiger partial charge in [0.25, 0.3) is 0 Å². The van der Waals surface area contributed by atoms with Gasteiger partial charge in [-0.25, -0.2) is 4.39 Å². The molecule has 2 rings (SSSR count). The summed E-state index contributed by atoms with van der Waals surface area (Å²) in [5.74, 6) is -0.178. The summed E-state index contributed by atoms with van der Waals surface area (Å²) in [6.45, 7) is 7.30. The molecule has 0 aliphatic carbocycles. The molecule has 0 aliphatic rings. The van der Waals surface area contributed by atoms with Crippen LogP contribution in [0.1, 0.15) is 31.0 Å². The number of nitrogens with one attached hydrogen (secondary N) is 1. The van der Waals surface area contributed by atoms with Crippen LogP contribution in [-0.4, -0.2) is 11.8 Å². The first-order chi connectivity index (χ1) is 10.1. The van der Waals surface area contributed by atoms with E-state index < -0.39 is 0 Å². The van der Waals surface area contributed by atoms with Crippen molar-refractivity contribution in [2.45, 2.75) is 37.0 Å². The average Bonchev–Trinajstić information content (AvgIpc) is 2.46. The van der Waals surface area contributed by atoms with Crippen LogP contribution < -0.4 is 5.32 Å². The average molecular weight is 303 g/mol. The second-order valence-electron chi connectivity index (χ2n) is 5.23. The highest BCUT2D eigenvalue weighted by Crippen LogP contribution is 2.32. The Balaban J connectivity index is 2.15. The molecule has 2 atom stereocenters. The minimum atomic E-state index is -0.178. The van der Waals surface area contributed by atoms with E-state index in [1.165, 1.54) is 17.2 Å². The fraction of sp³-hybridized carbons (Fsp3) is 0.333. The molecule has 1 N–H and O–H groups in total. The lowest BCUT2D eigenvalue weighted by atomic mass is 10.0. The first-order valence-corrected chi connectivity index (χ1v) is 8.20. The van der Waals surface area contributed by atoms with Crippen LogP contribution in [0, 0.1) is 12.7 Å². The molecule has 0 bridgehead atoms. The zero-order valence-corrected chi connectivity index (χ0v) is 13.6. The van der Waals surface area contributed by atoms with Crippen LogP contribution in [0.4, 0.5) is 4.39 Å². The van der Waals surface area contributed by atoms with Gasteiger partial charge in [-0.3, -0.25) is 0 Å². The van der Waals surface area contributed by atoms with E-state index in [9.17, 15) is 4.39 Å². The number of hydrogen-bond acceptors (Lipinski definition) is 2. The molecule has 0 heterocycles. The van der Waals surface area contributed by atoms with Gasteiger partial charge in [-0.1, -0.05) is 49.7 Å². The van der Waals surface area contributed by atoms with Gasteiger partial charge in [0.05, 0.1) is 0 Å². The molecule has 3 heteroatoms. The van der Waals surface area contributed by atoms with Gasteiger partial charge in [0.2, 0.25) is 0 Å². The van der Waals surface area contributed by atoms with Gasteiger partial charge in [0, 0.05) is 16.2 Å². The summed E-state index contributed by atoms with van der Waals surface area (Å²) in [5, 5.41) is 3.85. The van der Waals surface area contributed by atoms with Crippen molar-refractivity contribution in [3.63, 3.8) is 0 Å². The Labute approximate surface area is 131 Å². The minimum absolute atomic E-state index is 0.178. The van der Waals surface area contributed by atoms with Gasteiger partial charge < -0.3 is 5.32 Å². The van der Waals surface area contributed by atoms with Crippen LogP contribution in [0.3, 0.4) is 0 Å². The molecule has 0 radical (unpaired) electrons. The molecule has 2 aromatic rings. The monoisotopic (exact) mass is 303 g/mol. The van der Waals surface area contributed by atoms with Crippen LogP contribution in [0.15, 0.2) is 53.4 Å². The predicted molar refractivity (Wildman–Crippen MR) is 89.3 cm³/mol. The van der Waals surface area contributed by atoms with Crippen molar-refractivity contribution in [2.24, 2.45) is 0 Å². The van der Waals surface area contributed by atoms with E-state index in [2.05, 4.69) is 50.4 Å². The van der Waals surface area contributed by atoms with Crippen LogP contribution in [0.5, 0.6) is 0 Å². The molecule has 2 unspecified atom stereocenters. The van der Waals surface area contributed by atoms with Crippen molar-refractivity contribution in [2.75, 3.05) is 6.54 Å². The van der Waals surface area contributed by atoms with Crippen molar-refractivity contribution in [3.8, 4) is 0 Å². The molecule has 0 aliphatic heterocycles. The Morgan fingerprint density at radius 2 is 1.86 bits per heavy atom. The SMILES string of the molecule is CCNC(c1ccc(C)cc1)C(C)Sc1cccc(F)c1. The topological polar surface area (TPSA) is 12.0 Å². The molecule has 0 fully saturated rings. The van der Waals surface area contributed by atoms with Crippen LogP contribution in [0.25, 0.3) is 0 Å². The van der Waals surface area contributed by atoms with Gasteiger partial charge in [-0.15, -0.1) is 11.8 Å². The van der Waals surface area contributed by atoms with Gasteiger partial charge in [-0.2, -0.15) is 0 Å². The number of rotatable bonds is 6. The second-order valence-corrected chi connectivity index (χ2v) is 6.68. The first-order valence-electron chi connectivity index (χ1n) is 7.32. The zero-order valence-electron chi connectivity index (χ0n) is 12.8. The van der Waals surface area contributed by atoms with E-state index in [0.717, 1.165) is 11.4 Å². The Morgan fingerprint density at radius 1 is 1.14 bits per heavy atom. The number of benzene rings is 2. The summed E-state index contributed by atoms with van der Waals surface area (Å²) in [6.07, 6.45) is 0. The van der Waals surface area contributed by atoms with E-state index in [0.29, 0.717) is 5.25 Å². The van der Waals surface area contributed by atoms with Crippen molar-refractivity contribution < 1.29 is 4.39 Å². The summed E-state index contributed by atoms with van der Waals surface area (Å²) < 4.78 is 13.3. The molecule has 0 spiro atoms. The fourth-order valence-electron chi connectivity index (χ4n) is 2.37. The van der Waals surface area contributed by atoms with Gasteiger partial charge >= 0.3 is 0 Å².